The number of nitrogens with one attached hydrogen (secondary N) is 1. The summed E-state index contributed by atoms with van der Waals surface area (Å²) in [5.74, 6) is 1.79. The van der Waals surface area contributed by atoms with Crippen molar-refractivity contribution in [3.8, 4) is 0 Å². The van der Waals surface area contributed by atoms with E-state index in [4.69, 9.17) is 9.72 Å². The van der Waals surface area contributed by atoms with Crippen LogP contribution >= 0.6 is 0 Å². The van der Waals surface area contributed by atoms with Crippen molar-refractivity contribution in [2.24, 2.45) is 5.92 Å². The van der Waals surface area contributed by atoms with E-state index >= 15 is 0 Å². The predicted molar refractivity (Wildman–Crippen MR) is 186 cm³/mol. The Labute approximate surface area is 281 Å². The van der Waals surface area contributed by atoms with Crippen LogP contribution in [-0.2, 0) is 19.4 Å². The highest BCUT2D eigenvalue weighted by atomic mass is 32.2. The second-order valence-electron chi connectivity index (χ2n) is 13.4. The summed E-state index contributed by atoms with van der Waals surface area (Å²) in [6.07, 6.45) is 9.07. The molecule has 0 bridgehead atoms. The van der Waals surface area contributed by atoms with E-state index in [1.807, 2.05) is 47.1 Å². The second kappa shape index (κ2) is 14.3. The lowest BCUT2D eigenvalue weighted by molar-refractivity contribution is -0.126. The summed E-state index contributed by atoms with van der Waals surface area (Å²) in [6, 6.07) is 7.82. The molecule has 1 N–H and O–H groups in total. The van der Waals surface area contributed by atoms with Gasteiger partial charge in [0.2, 0.25) is 11.9 Å². The quantitative estimate of drug-likeness (QED) is 0.299. The number of benzene rings is 1. The molecule has 1 amide bonds. The van der Waals surface area contributed by atoms with Gasteiger partial charge in [0.15, 0.2) is 0 Å². The molecule has 3 atom stereocenters. The zero-order valence-electron chi connectivity index (χ0n) is 28.0. The van der Waals surface area contributed by atoms with Gasteiger partial charge in [0.1, 0.15) is 27.6 Å². The van der Waals surface area contributed by atoms with Gasteiger partial charge in [0, 0.05) is 81.6 Å². The van der Waals surface area contributed by atoms with Crippen LogP contribution < -0.4 is 15.1 Å². The Morgan fingerprint density at radius 1 is 1.08 bits per heavy atom. The number of halogens is 1. The number of anilines is 4. The third kappa shape index (κ3) is 7.71. The highest BCUT2D eigenvalue weighted by molar-refractivity contribution is 7.90. The Morgan fingerprint density at radius 3 is 2.62 bits per heavy atom. The SMILES string of the molecule is CO[C@@H]1CCN(c2nccc(Nc3cc4c([C@@H]5CCCN5C(=O)/C=C/CN(C)C)ccc(N5CC(CS(C)(=O)=O)C5)c4cn3)n2)C[C@@H]1F. The number of nitrogens with zero attached hydrogens (tertiary/aromatic N) is 7. The molecular weight excluding hydrogens is 635 g/mol. The summed E-state index contributed by atoms with van der Waals surface area (Å²) in [6.45, 7) is 3.41. The first-order valence-corrected chi connectivity index (χ1v) is 18.5. The number of methoxy groups -OCH3 is 1. The molecule has 5 heterocycles. The minimum atomic E-state index is -3.06. The van der Waals surface area contributed by atoms with Gasteiger partial charge < -0.3 is 29.7 Å². The van der Waals surface area contributed by atoms with Gasteiger partial charge in [0.25, 0.3) is 0 Å². The molecule has 14 heteroatoms. The normalized spacial score (nSPS) is 22.2. The van der Waals surface area contributed by atoms with Crippen LogP contribution in [0.1, 0.15) is 30.9 Å². The highest BCUT2D eigenvalue weighted by Gasteiger charge is 2.34. The predicted octanol–water partition coefficient (Wildman–Crippen LogP) is 3.59. The van der Waals surface area contributed by atoms with Crippen molar-refractivity contribution in [2.45, 2.75) is 37.6 Å². The van der Waals surface area contributed by atoms with Crippen molar-refractivity contribution < 1.29 is 22.3 Å². The second-order valence-corrected chi connectivity index (χ2v) is 15.6. The Bertz CT molecular complexity index is 1770. The van der Waals surface area contributed by atoms with Gasteiger partial charge in [-0.2, -0.15) is 4.98 Å². The topological polar surface area (TPSA) is 124 Å². The zero-order valence-corrected chi connectivity index (χ0v) is 28.9. The van der Waals surface area contributed by atoms with Gasteiger partial charge in [-0.15, -0.1) is 0 Å². The van der Waals surface area contributed by atoms with Crippen LogP contribution in [0, 0.1) is 5.92 Å². The first-order valence-electron chi connectivity index (χ1n) is 16.5. The van der Waals surface area contributed by atoms with Crippen LogP contribution in [0.5, 0.6) is 0 Å². The molecule has 0 spiro atoms. The van der Waals surface area contributed by atoms with E-state index < -0.39 is 22.1 Å². The molecule has 0 aliphatic carbocycles. The molecule has 3 aliphatic heterocycles. The molecule has 3 aromatic rings. The lowest BCUT2D eigenvalue weighted by atomic mass is 9.94. The number of hydrogen-bond acceptors (Lipinski definition) is 11. The van der Waals surface area contributed by atoms with Crippen molar-refractivity contribution in [1.82, 2.24) is 24.8 Å². The Kier molecular flexibility index (Phi) is 10.1. The third-order valence-electron chi connectivity index (χ3n) is 9.34. The number of fused-ring (bicyclic) bond motifs is 1. The summed E-state index contributed by atoms with van der Waals surface area (Å²) < 4.78 is 43.7. The fraction of sp³-hybridized carbons (Fsp3) is 0.529. The number of alkyl halides is 1. The van der Waals surface area contributed by atoms with E-state index in [1.54, 1.807) is 18.3 Å². The maximum atomic E-state index is 14.6. The smallest absolute Gasteiger partial charge is 0.246 e. The number of carbonyl (C=O) groups excluding carboxylic acids is 1. The molecular formula is C34H45FN8O4S. The molecule has 6 rings (SSSR count). The standard InChI is InChI=1S/C34H45FN8O4S/c1-40(2)14-6-8-33(44)43-15-5-7-29(43)24-9-10-28(42-19-23(20-42)22-48(4,45)46)26-18-37-32(17-25(24)26)38-31-11-13-36-34(39-31)41-16-12-30(47-3)27(35)21-41/h6,8-11,13,17-18,23,27,29-30H,5,7,12,14-16,19-22H2,1-4H3,(H,36,37,38,39)/b8-6+/t27-,29-,30+/m0/s1. The van der Waals surface area contributed by atoms with Crippen molar-refractivity contribution in [3.63, 3.8) is 0 Å². The average Bonchev–Trinajstić information content (AvgIpc) is 3.51. The van der Waals surface area contributed by atoms with Crippen LogP contribution in [0.4, 0.5) is 27.7 Å². The van der Waals surface area contributed by atoms with Crippen molar-refractivity contribution in [3.05, 3.63) is 54.4 Å². The maximum Gasteiger partial charge on any atom is 0.246 e. The monoisotopic (exact) mass is 680 g/mol. The Hall–Kier alpha value is -3.88. The van der Waals surface area contributed by atoms with Crippen LogP contribution in [0.25, 0.3) is 10.8 Å². The first kappa shape index (κ1) is 34.0. The third-order valence-corrected chi connectivity index (χ3v) is 10.4. The van der Waals surface area contributed by atoms with Crippen molar-refractivity contribution in [2.75, 3.05) is 87.6 Å². The van der Waals surface area contributed by atoms with Gasteiger partial charge in [-0.25, -0.2) is 22.8 Å². The Morgan fingerprint density at radius 2 is 1.90 bits per heavy atom. The van der Waals surface area contributed by atoms with Gasteiger partial charge in [-0.05, 0) is 62.5 Å². The number of ether oxygens (including phenoxy) is 1. The summed E-state index contributed by atoms with van der Waals surface area (Å²) in [5, 5.41) is 5.23. The van der Waals surface area contributed by atoms with E-state index in [9.17, 15) is 17.6 Å². The fourth-order valence-electron chi connectivity index (χ4n) is 7.03. The number of hydrogen-bond donors (Lipinski definition) is 1. The van der Waals surface area contributed by atoms with E-state index in [2.05, 4.69) is 32.3 Å². The zero-order chi connectivity index (χ0) is 34.0. The number of rotatable bonds is 11. The van der Waals surface area contributed by atoms with E-state index in [1.165, 1.54) is 13.4 Å². The average molecular weight is 681 g/mol. The molecule has 0 saturated carbocycles. The lowest BCUT2D eigenvalue weighted by Gasteiger charge is -2.41. The molecule has 12 nitrogen and oxygen atoms in total. The maximum absolute atomic E-state index is 14.6. The lowest BCUT2D eigenvalue weighted by Crippen LogP contribution is -2.49. The number of sulfone groups is 1. The largest absolute Gasteiger partial charge is 0.378 e. The Balaban J connectivity index is 1.30. The van der Waals surface area contributed by atoms with Crippen molar-refractivity contribution in [1.29, 1.82) is 0 Å². The van der Waals surface area contributed by atoms with Crippen LogP contribution in [0.3, 0.4) is 0 Å². The van der Waals surface area contributed by atoms with Crippen LogP contribution in [-0.4, -0.2) is 124 Å². The number of likely N-dealkylation sites (tertiary alicyclic amines) is 1. The van der Waals surface area contributed by atoms with E-state index in [0.29, 0.717) is 56.7 Å². The van der Waals surface area contributed by atoms with Crippen LogP contribution in [0.15, 0.2) is 48.8 Å². The highest BCUT2D eigenvalue weighted by Crippen LogP contribution is 2.41. The van der Waals surface area contributed by atoms with Gasteiger partial charge in [-0.3, -0.25) is 4.79 Å². The molecule has 3 fully saturated rings. The number of carbonyl (C=O) groups is 1. The summed E-state index contributed by atoms with van der Waals surface area (Å²) in [7, 11) is 2.41. The number of likely N-dealkylation sites (N-methyl/N-ethyl adjacent to an activating group) is 1. The van der Waals surface area contributed by atoms with Crippen molar-refractivity contribution >= 4 is 49.8 Å². The molecule has 2 aromatic heterocycles. The van der Waals surface area contributed by atoms with E-state index in [0.717, 1.165) is 34.9 Å². The summed E-state index contributed by atoms with van der Waals surface area (Å²) in [4.78, 5) is 35.1. The summed E-state index contributed by atoms with van der Waals surface area (Å²) in [5.41, 5.74) is 2.03. The molecule has 48 heavy (non-hydrogen) atoms. The molecule has 0 radical (unpaired) electrons. The van der Waals surface area contributed by atoms with Gasteiger partial charge in [-0.1, -0.05) is 12.1 Å². The van der Waals surface area contributed by atoms with Gasteiger partial charge in [0.05, 0.1) is 24.4 Å². The minimum Gasteiger partial charge on any atom is -0.378 e. The fourth-order valence-corrected chi connectivity index (χ4v) is 8.09. The number of aromatic nitrogens is 3. The molecule has 258 valence electrons. The number of piperidine rings is 1. The molecule has 3 aliphatic rings. The minimum absolute atomic E-state index is 0.00564. The van der Waals surface area contributed by atoms with Crippen LogP contribution in [0.2, 0.25) is 0 Å². The van der Waals surface area contributed by atoms with E-state index in [-0.39, 0.29) is 30.2 Å². The molecule has 0 unspecified atom stereocenters. The van der Waals surface area contributed by atoms with Gasteiger partial charge >= 0.3 is 0 Å². The molecule has 3 saturated heterocycles. The number of pyridine rings is 1. The number of amides is 1. The molecule has 1 aromatic carbocycles. The first-order chi connectivity index (χ1) is 23.0. The summed E-state index contributed by atoms with van der Waals surface area (Å²) >= 11 is 0.